The zero-order valence-electron chi connectivity index (χ0n) is 9.61. The first-order valence-corrected chi connectivity index (χ1v) is 6.19. The van der Waals surface area contributed by atoms with Crippen molar-refractivity contribution in [3.63, 3.8) is 0 Å². The van der Waals surface area contributed by atoms with Crippen molar-refractivity contribution in [1.82, 2.24) is 4.90 Å². The van der Waals surface area contributed by atoms with Crippen molar-refractivity contribution in [2.45, 2.75) is 51.0 Å². The van der Waals surface area contributed by atoms with Crippen LogP contribution in [-0.4, -0.2) is 23.9 Å². The molecule has 1 saturated carbocycles. The largest absolute Gasteiger partial charge is 0.343 e. The molecule has 2 nitrogen and oxygen atoms in total. The van der Waals surface area contributed by atoms with Gasteiger partial charge >= 0.3 is 0 Å². The second-order valence-electron chi connectivity index (χ2n) is 4.91. The molecule has 2 aliphatic rings. The van der Waals surface area contributed by atoms with E-state index in [1.807, 2.05) is 11.9 Å². The first kappa shape index (κ1) is 10.7. The van der Waals surface area contributed by atoms with Gasteiger partial charge in [-0.25, -0.2) is 0 Å². The molecule has 0 aromatic carbocycles. The normalized spacial score (nSPS) is 26.1. The van der Waals surface area contributed by atoms with Crippen LogP contribution in [-0.2, 0) is 4.79 Å². The van der Waals surface area contributed by atoms with Crippen LogP contribution in [0.1, 0.15) is 44.9 Å². The SMILES string of the molecule is CN(C(=O)CC1C=CCC1)C1CCCC1. The van der Waals surface area contributed by atoms with Crippen LogP contribution in [0.15, 0.2) is 12.2 Å². The van der Waals surface area contributed by atoms with E-state index in [1.165, 1.54) is 32.1 Å². The van der Waals surface area contributed by atoms with Gasteiger partial charge in [-0.2, -0.15) is 0 Å². The molecule has 15 heavy (non-hydrogen) atoms. The predicted molar refractivity (Wildman–Crippen MR) is 61.5 cm³/mol. The fourth-order valence-electron chi connectivity index (χ4n) is 2.73. The molecule has 0 spiro atoms. The van der Waals surface area contributed by atoms with Gasteiger partial charge in [0.1, 0.15) is 0 Å². The summed E-state index contributed by atoms with van der Waals surface area (Å²) in [6.07, 6.45) is 12.5. The number of carbonyl (C=O) groups is 1. The van der Waals surface area contributed by atoms with Crippen molar-refractivity contribution < 1.29 is 4.79 Å². The maximum Gasteiger partial charge on any atom is 0.223 e. The van der Waals surface area contributed by atoms with Gasteiger partial charge in [0.05, 0.1) is 0 Å². The monoisotopic (exact) mass is 207 g/mol. The number of allylic oxidation sites excluding steroid dienone is 2. The van der Waals surface area contributed by atoms with Crippen molar-refractivity contribution in [3.05, 3.63) is 12.2 Å². The lowest BCUT2D eigenvalue weighted by atomic mass is 10.0. The number of rotatable bonds is 3. The molecule has 84 valence electrons. The van der Waals surface area contributed by atoms with E-state index in [4.69, 9.17) is 0 Å². The highest BCUT2D eigenvalue weighted by Crippen LogP contribution is 2.25. The predicted octanol–water partition coefficient (Wildman–Crippen LogP) is 2.74. The summed E-state index contributed by atoms with van der Waals surface area (Å²) in [6.45, 7) is 0. The van der Waals surface area contributed by atoms with Gasteiger partial charge in [0, 0.05) is 19.5 Å². The van der Waals surface area contributed by atoms with Crippen LogP contribution in [0.3, 0.4) is 0 Å². The van der Waals surface area contributed by atoms with E-state index in [-0.39, 0.29) is 0 Å². The fourth-order valence-corrected chi connectivity index (χ4v) is 2.73. The topological polar surface area (TPSA) is 20.3 Å². The number of hydrogen-bond acceptors (Lipinski definition) is 1. The third-order valence-corrected chi connectivity index (χ3v) is 3.81. The third-order valence-electron chi connectivity index (χ3n) is 3.81. The molecule has 2 aliphatic carbocycles. The number of nitrogens with zero attached hydrogens (tertiary/aromatic N) is 1. The van der Waals surface area contributed by atoms with Gasteiger partial charge in [0.2, 0.25) is 5.91 Å². The van der Waals surface area contributed by atoms with Crippen LogP contribution in [0, 0.1) is 5.92 Å². The highest BCUT2D eigenvalue weighted by atomic mass is 16.2. The summed E-state index contributed by atoms with van der Waals surface area (Å²) in [5.41, 5.74) is 0. The minimum Gasteiger partial charge on any atom is -0.343 e. The molecule has 0 N–H and O–H groups in total. The molecule has 2 rings (SSSR count). The molecule has 0 aliphatic heterocycles. The molecule has 1 atom stereocenters. The average molecular weight is 207 g/mol. The van der Waals surface area contributed by atoms with Crippen LogP contribution in [0.4, 0.5) is 0 Å². The van der Waals surface area contributed by atoms with Crippen LogP contribution in [0.25, 0.3) is 0 Å². The number of hydrogen-bond donors (Lipinski definition) is 0. The molecular weight excluding hydrogens is 186 g/mol. The summed E-state index contributed by atoms with van der Waals surface area (Å²) in [6, 6.07) is 0.530. The Bertz CT molecular complexity index is 253. The summed E-state index contributed by atoms with van der Waals surface area (Å²) >= 11 is 0. The quantitative estimate of drug-likeness (QED) is 0.652. The van der Waals surface area contributed by atoms with Gasteiger partial charge in [-0.1, -0.05) is 25.0 Å². The van der Waals surface area contributed by atoms with Crippen LogP contribution in [0.2, 0.25) is 0 Å². The second kappa shape index (κ2) is 4.82. The van der Waals surface area contributed by atoms with Crippen molar-refractivity contribution in [2.75, 3.05) is 7.05 Å². The molecule has 1 fully saturated rings. The summed E-state index contributed by atoms with van der Waals surface area (Å²) in [5, 5.41) is 0. The van der Waals surface area contributed by atoms with Gasteiger partial charge in [0.25, 0.3) is 0 Å². The van der Waals surface area contributed by atoms with Gasteiger partial charge < -0.3 is 4.90 Å². The van der Waals surface area contributed by atoms with E-state index in [0.29, 0.717) is 17.9 Å². The maximum atomic E-state index is 12.0. The van der Waals surface area contributed by atoms with Gasteiger partial charge in [-0.15, -0.1) is 0 Å². The Kier molecular flexibility index (Phi) is 3.45. The second-order valence-corrected chi connectivity index (χ2v) is 4.91. The summed E-state index contributed by atoms with van der Waals surface area (Å²) < 4.78 is 0. The lowest BCUT2D eigenvalue weighted by Gasteiger charge is -2.25. The summed E-state index contributed by atoms with van der Waals surface area (Å²) in [4.78, 5) is 14.0. The summed E-state index contributed by atoms with van der Waals surface area (Å²) in [5.74, 6) is 0.861. The Morgan fingerprint density at radius 3 is 2.67 bits per heavy atom. The Morgan fingerprint density at radius 2 is 2.07 bits per heavy atom. The third kappa shape index (κ3) is 2.61. The Hall–Kier alpha value is -0.790. The summed E-state index contributed by atoms with van der Waals surface area (Å²) in [7, 11) is 1.98. The zero-order valence-corrected chi connectivity index (χ0v) is 9.61. The molecule has 0 aromatic heterocycles. The minimum atomic E-state index is 0.346. The molecule has 0 saturated heterocycles. The van der Waals surface area contributed by atoms with Crippen LogP contribution >= 0.6 is 0 Å². The Labute approximate surface area is 92.3 Å². The molecule has 0 aromatic rings. The van der Waals surface area contributed by atoms with Crippen molar-refractivity contribution in [2.24, 2.45) is 5.92 Å². The minimum absolute atomic E-state index is 0.346. The highest BCUT2D eigenvalue weighted by Gasteiger charge is 2.24. The van der Waals surface area contributed by atoms with Crippen LogP contribution in [0.5, 0.6) is 0 Å². The molecule has 0 bridgehead atoms. The molecule has 1 unspecified atom stereocenters. The van der Waals surface area contributed by atoms with Gasteiger partial charge in [-0.05, 0) is 31.6 Å². The maximum absolute atomic E-state index is 12.0. The van der Waals surface area contributed by atoms with E-state index in [9.17, 15) is 4.79 Å². The van der Waals surface area contributed by atoms with E-state index in [2.05, 4.69) is 12.2 Å². The van der Waals surface area contributed by atoms with E-state index in [1.54, 1.807) is 0 Å². The number of carbonyl (C=O) groups excluding carboxylic acids is 1. The molecular formula is C13H21NO. The average Bonchev–Trinajstić information content (AvgIpc) is 2.88. The lowest BCUT2D eigenvalue weighted by Crippen LogP contribution is -2.35. The number of amides is 1. The van der Waals surface area contributed by atoms with Gasteiger partial charge in [0.15, 0.2) is 0 Å². The standard InChI is InChI=1S/C13H21NO/c1-14(12-8-4-5-9-12)13(15)10-11-6-2-3-7-11/h2,6,11-12H,3-5,7-10H2,1H3. The smallest absolute Gasteiger partial charge is 0.223 e. The zero-order chi connectivity index (χ0) is 10.7. The van der Waals surface area contributed by atoms with Crippen molar-refractivity contribution >= 4 is 5.91 Å². The van der Waals surface area contributed by atoms with Crippen molar-refractivity contribution in [1.29, 1.82) is 0 Å². The van der Waals surface area contributed by atoms with E-state index in [0.717, 1.165) is 12.8 Å². The Morgan fingerprint density at radius 1 is 1.33 bits per heavy atom. The molecule has 1 amide bonds. The molecule has 0 radical (unpaired) electrons. The van der Waals surface area contributed by atoms with Crippen molar-refractivity contribution in [3.8, 4) is 0 Å². The first-order chi connectivity index (χ1) is 7.27. The highest BCUT2D eigenvalue weighted by molar-refractivity contribution is 5.76. The van der Waals surface area contributed by atoms with E-state index < -0.39 is 0 Å². The van der Waals surface area contributed by atoms with E-state index >= 15 is 0 Å². The first-order valence-electron chi connectivity index (χ1n) is 6.19. The fraction of sp³-hybridized carbons (Fsp3) is 0.769. The molecule has 0 heterocycles. The lowest BCUT2D eigenvalue weighted by molar-refractivity contribution is -0.132. The van der Waals surface area contributed by atoms with Crippen LogP contribution < -0.4 is 0 Å². The molecule has 2 heteroatoms. The Balaban J connectivity index is 1.81. The van der Waals surface area contributed by atoms with Gasteiger partial charge in [-0.3, -0.25) is 4.79 Å².